The molecule has 0 aliphatic carbocycles. The van der Waals surface area contributed by atoms with Gasteiger partial charge < -0.3 is 0 Å². The average Bonchev–Trinajstić information content (AvgIpc) is 2.21. The lowest BCUT2D eigenvalue weighted by atomic mass is 10.1. The molecule has 1 atom stereocenters. The van der Waals surface area contributed by atoms with Gasteiger partial charge in [0, 0.05) is 12.5 Å². The lowest BCUT2D eigenvalue weighted by Crippen LogP contribution is -1.99. The largest absolute Gasteiger partial charge is 0.251 e. The predicted octanol–water partition coefficient (Wildman–Crippen LogP) is 2.00. The molecule has 0 saturated heterocycles. The van der Waals surface area contributed by atoms with Crippen molar-refractivity contribution in [3.8, 4) is 0 Å². The molecule has 0 heterocycles. The van der Waals surface area contributed by atoms with Crippen LogP contribution in [0.2, 0.25) is 0 Å². The van der Waals surface area contributed by atoms with Crippen LogP contribution in [-0.2, 0) is 9.68 Å². The van der Waals surface area contributed by atoms with Gasteiger partial charge >= 0.3 is 0 Å². The van der Waals surface area contributed by atoms with E-state index in [2.05, 4.69) is 4.89 Å². The van der Waals surface area contributed by atoms with Gasteiger partial charge in [0.15, 0.2) is 0 Å². The zero-order valence-electron chi connectivity index (χ0n) is 7.01. The lowest BCUT2D eigenvalue weighted by molar-refractivity contribution is -0.280. The molecule has 1 N–H and O–H groups in total. The van der Waals surface area contributed by atoms with Gasteiger partial charge in [-0.3, -0.25) is 5.26 Å². The number of rotatable bonds is 4. The zero-order chi connectivity index (χ0) is 9.52. The van der Waals surface area contributed by atoms with E-state index in [-0.39, 0.29) is 0 Å². The summed E-state index contributed by atoms with van der Waals surface area (Å²) in [6, 6.07) is 9.19. The molecule has 0 aliphatic rings. The summed E-state index contributed by atoms with van der Waals surface area (Å²) in [7, 11) is 0. The second kappa shape index (κ2) is 5.27. The summed E-state index contributed by atoms with van der Waals surface area (Å²) in [5.74, 6) is 1.64. The third-order valence-electron chi connectivity index (χ3n) is 1.71. The fourth-order valence-electron chi connectivity index (χ4n) is 1.06. The fourth-order valence-corrected chi connectivity index (χ4v) is 1.06. The van der Waals surface area contributed by atoms with Crippen molar-refractivity contribution in [1.82, 2.24) is 0 Å². The van der Waals surface area contributed by atoms with Crippen molar-refractivity contribution in [3.05, 3.63) is 42.0 Å². The van der Waals surface area contributed by atoms with Crippen LogP contribution in [0.3, 0.4) is 0 Å². The molecule has 0 aliphatic heterocycles. The van der Waals surface area contributed by atoms with Gasteiger partial charge in [-0.15, -0.1) is 0 Å². The highest BCUT2D eigenvalue weighted by molar-refractivity contribution is 5.45. The highest BCUT2D eigenvalue weighted by Gasteiger charge is 2.08. The Morgan fingerprint density at radius 1 is 1.46 bits per heavy atom. The highest BCUT2D eigenvalue weighted by Crippen LogP contribution is 2.19. The normalized spacial score (nSPS) is 11.8. The number of benzene rings is 1. The van der Waals surface area contributed by atoms with E-state index in [4.69, 9.17) is 5.26 Å². The molecule has 3 heteroatoms. The van der Waals surface area contributed by atoms with Crippen LogP contribution in [0.5, 0.6) is 0 Å². The Balaban J connectivity index is 2.72. The maximum Gasteiger partial charge on any atom is 0.122 e. The second-order valence-corrected chi connectivity index (χ2v) is 2.56. The molecular formula is C10H10O3. The predicted molar refractivity (Wildman–Crippen MR) is 47.8 cm³/mol. The molecule has 0 radical (unpaired) electrons. The molecule has 3 nitrogen and oxygen atoms in total. The van der Waals surface area contributed by atoms with E-state index in [9.17, 15) is 4.79 Å². The van der Waals surface area contributed by atoms with Crippen LogP contribution in [0.15, 0.2) is 36.4 Å². The fraction of sp³-hybridized carbons (Fsp3) is 0.200. The van der Waals surface area contributed by atoms with Crippen molar-refractivity contribution < 1.29 is 14.9 Å². The second-order valence-electron chi connectivity index (χ2n) is 2.56. The SMILES string of the molecule is O=C=CCC(OO)c1ccccc1. The molecular weight excluding hydrogens is 168 g/mol. The summed E-state index contributed by atoms with van der Waals surface area (Å²) in [6.07, 6.45) is 1.13. The van der Waals surface area contributed by atoms with Gasteiger partial charge in [0.25, 0.3) is 0 Å². The molecule has 1 unspecified atom stereocenters. The van der Waals surface area contributed by atoms with Gasteiger partial charge in [0.1, 0.15) is 12.0 Å². The smallest absolute Gasteiger partial charge is 0.122 e. The molecule has 0 fully saturated rings. The van der Waals surface area contributed by atoms with Crippen LogP contribution in [0.4, 0.5) is 0 Å². The average molecular weight is 178 g/mol. The maximum absolute atomic E-state index is 9.94. The quantitative estimate of drug-likeness (QED) is 0.435. The Bertz CT molecular complexity index is 288. The van der Waals surface area contributed by atoms with Crippen molar-refractivity contribution in [1.29, 1.82) is 0 Å². The van der Waals surface area contributed by atoms with Crippen LogP contribution in [0, 0.1) is 0 Å². The van der Waals surface area contributed by atoms with E-state index < -0.39 is 6.10 Å². The summed E-state index contributed by atoms with van der Waals surface area (Å²) < 4.78 is 0. The first kappa shape index (κ1) is 9.68. The highest BCUT2D eigenvalue weighted by atomic mass is 17.1. The molecule has 0 saturated carbocycles. The van der Waals surface area contributed by atoms with E-state index in [0.717, 1.165) is 5.56 Å². The molecule has 68 valence electrons. The summed E-state index contributed by atoms with van der Waals surface area (Å²) in [6.45, 7) is 0. The minimum atomic E-state index is -0.484. The van der Waals surface area contributed by atoms with Crippen LogP contribution >= 0.6 is 0 Å². The van der Waals surface area contributed by atoms with E-state index in [1.54, 1.807) is 5.94 Å². The van der Waals surface area contributed by atoms with E-state index >= 15 is 0 Å². The molecule has 0 amide bonds. The summed E-state index contributed by atoms with van der Waals surface area (Å²) >= 11 is 0. The molecule has 0 bridgehead atoms. The van der Waals surface area contributed by atoms with Crippen LogP contribution in [-0.4, -0.2) is 11.2 Å². The van der Waals surface area contributed by atoms with Crippen LogP contribution in [0.25, 0.3) is 0 Å². The summed E-state index contributed by atoms with van der Waals surface area (Å²) in [4.78, 5) is 14.2. The van der Waals surface area contributed by atoms with Gasteiger partial charge in [0.2, 0.25) is 0 Å². The van der Waals surface area contributed by atoms with E-state index in [0.29, 0.717) is 6.42 Å². The van der Waals surface area contributed by atoms with Crippen molar-refractivity contribution in [2.75, 3.05) is 0 Å². The molecule has 0 spiro atoms. The lowest BCUT2D eigenvalue weighted by Gasteiger charge is -2.09. The maximum atomic E-state index is 9.94. The van der Waals surface area contributed by atoms with Crippen molar-refractivity contribution >= 4 is 5.94 Å². The van der Waals surface area contributed by atoms with Crippen LogP contribution < -0.4 is 0 Å². The van der Waals surface area contributed by atoms with Gasteiger partial charge in [-0.05, 0) is 5.56 Å². The molecule has 1 aromatic rings. The molecule has 1 rings (SSSR count). The molecule has 1 aromatic carbocycles. The third kappa shape index (κ3) is 2.84. The standard InChI is InChI=1S/C10H10O3/c11-8-4-7-10(13-12)9-5-2-1-3-6-9/h1-6,10,12H,7H2. The minimum Gasteiger partial charge on any atom is -0.251 e. The number of hydrogen-bond donors (Lipinski definition) is 1. The van der Waals surface area contributed by atoms with Crippen LogP contribution in [0.1, 0.15) is 18.1 Å². The summed E-state index contributed by atoms with van der Waals surface area (Å²) in [5.41, 5.74) is 0.830. The van der Waals surface area contributed by atoms with E-state index in [1.807, 2.05) is 30.3 Å². The Morgan fingerprint density at radius 2 is 2.15 bits per heavy atom. The first-order chi connectivity index (χ1) is 6.38. The number of carbonyl (C=O) groups excluding carboxylic acids is 1. The Kier molecular flexibility index (Phi) is 3.93. The van der Waals surface area contributed by atoms with Crippen molar-refractivity contribution in [2.45, 2.75) is 12.5 Å². The summed E-state index contributed by atoms with van der Waals surface area (Å²) in [5, 5.41) is 8.56. The Hall–Kier alpha value is -1.41. The Labute approximate surface area is 76.2 Å². The monoisotopic (exact) mass is 178 g/mol. The topological polar surface area (TPSA) is 46.5 Å². The molecule has 0 aromatic heterocycles. The van der Waals surface area contributed by atoms with Crippen molar-refractivity contribution in [3.63, 3.8) is 0 Å². The van der Waals surface area contributed by atoms with Gasteiger partial charge in [-0.25, -0.2) is 9.68 Å². The third-order valence-corrected chi connectivity index (χ3v) is 1.71. The van der Waals surface area contributed by atoms with E-state index in [1.165, 1.54) is 6.08 Å². The first-order valence-corrected chi connectivity index (χ1v) is 3.93. The van der Waals surface area contributed by atoms with Gasteiger partial charge in [-0.2, -0.15) is 0 Å². The minimum absolute atomic E-state index is 0.323. The first-order valence-electron chi connectivity index (χ1n) is 3.93. The van der Waals surface area contributed by atoms with Gasteiger partial charge in [0.05, 0.1) is 0 Å². The van der Waals surface area contributed by atoms with Crippen molar-refractivity contribution in [2.24, 2.45) is 0 Å². The zero-order valence-corrected chi connectivity index (χ0v) is 7.01. The molecule has 13 heavy (non-hydrogen) atoms. The van der Waals surface area contributed by atoms with Gasteiger partial charge in [-0.1, -0.05) is 30.3 Å². The Morgan fingerprint density at radius 3 is 2.69 bits per heavy atom. The number of hydrogen-bond acceptors (Lipinski definition) is 3.